The van der Waals surface area contributed by atoms with Crippen LogP contribution in [0.4, 0.5) is 5.69 Å². The Morgan fingerprint density at radius 1 is 1.43 bits per heavy atom. The molecule has 0 radical (unpaired) electrons. The highest BCUT2D eigenvalue weighted by Crippen LogP contribution is 2.21. The van der Waals surface area contributed by atoms with Crippen LogP contribution in [0.1, 0.15) is 23.0 Å². The van der Waals surface area contributed by atoms with Gasteiger partial charge in [-0.25, -0.2) is 0 Å². The molecule has 3 aromatic heterocycles. The maximum Gasteiger partial charge on any atom is 0.277 e. The number of nitrogens with one attached hydrogen (secondary N) is 2. The number of carbonyl (C=O) groups is 1. The molecule has 0 saturated carbocycles. The van der Waals surface area contributed by atoms with Crippen molar-refractivity contribution >= 4 is 11.6 Å². The Hall–Kier alpha value is -2.87. The number of nitrogens with zero attached hydrogens (tertiary/aromatic N) is 3. The summed E-state index contributed by atoms with van der Waals surface area (Å²) in [6, 6.07) is 5.35. The van der Waals surface area contributed by atoms with Crippen LogP contribution in [0.3, 0.4) is 0 Å². The highest BCUT2D eigenvalue weighted by molar-refractivity contribution is 6.03. The third-order valence-electron chi connectivity index (χ3n) is 3.77. The van der Waals surface area contributed by atoms with Crippen molar-refractivity contribution in [3.8, 4) is 11.5 Å². The fourth-order valence-corrected chi connectivity index (χ4v) is 2.58. The molecule has 3 aromatic rings. The maximum absolute atomic E-state index is 12.2. The molecule has 23 heavy (non-hydrogen) atoms. The van der Waals surface area contributed by atoms with Gasteiger partial charge in [-0.1, -0.05) is 5.16 Å². The number of aromatic nitrogens is 3. The van der Waals surface area contributed by atoms with E-state index in [0.717, 1.165) is 19.5 Å². The molecule has 0 bridgehead atoms. The summed E-state index contributed by atoms with van der Waals surface area (Å²) in [7, 11) is 0. The zero-order chi connectivity index (χ0) is 15.6. The summed E-state index contributed by atoms with van der Waals surface area (Å²) in [6.07, 6.45) is 6.02. The Bertz CT molecular complexity index is 799. The van der Waals surface area contributed by atoms with Gasteiger partial charge in [-0.3, -0.25) is 9.48 Å². The van der Waals surface area contributed by atoms with Crippen molar-refractivity contribution < 1.29 is 13.7 Å². The molecule has 1 fully saturated rings. The minimum atomic E-state index is -0.351. The van der Waals surface area contributed by atoms with Crippen molar-refractivity contribution in [2.75, 3.05) is 18.4 Å². The fourth-order valence-electron chi connectivity index (χ4n) is 2.58. The molecule has 0 spiro atoms. The summed E-state index contributed by atoms with van der Waals surface area (Å²) in [4.78, 5) is 12.2. The number of carbonyl (C=O) groups excluding carboxylic acids is 1. The normalized spacial score (nSPS) is 17.5. The molecule has 1 saturated heterocycles. The van der Waals surface area contributed by atoms with Gasteiger partial charge in [0, 0.05) is 18.8 Å². The van der Waals surface area contributed by atoms with Crippen LogP contribution in [0, 0.1) is 0 Å². The van der Waals surface area contributed by atoms with Crippen LogP contribution in [0.2, 0.25) is 0 Å². The van der Waals surface area contributed by atoms with Gasteiger partial charge in [0.05, 0.1) is 24.2 Å². The average Bonchev–Trinajstić information content (AvgIpc) is 3.30. The molecule has 0 aromatic carbocycles. The van der Waals surface area contributed by atoms with Gasteiger partial charge < -0.3 is 19.6 Å². The monoisotopic (exact) mass is 313 g/mol. The molecule has 1 unspecified atom stereocenters. The Balaban J connectivity index is 1.45. The first-order chi connectivity index (χ1) is 11.3. The van der Waals surface area contributed by atoms with Crippen LogP contribution >= 0.6 is 0 Å². The van der Waals surface area contributed by atoms with Crippen LogP contribution in [0.25, 0.3) is 11.5 Å². The Labute approximate surface area is 131 Å². The van der Waals surface area contributed by atoms with Gasteiger partial charge in [-0.05, 0) is 25.1 Å². The molecule has 8 heteroatoms. The summed E-state index contributed by atoms with van der Waals surface area (Å²) in [5.74, 6) is 0.585. The molecule has 1 aliphatic rings. The number of hydrogen-bond donors (Lipinski definition) is 2. The van der Waals surface area contributed by atoms with Gasteiger partial charge in [0.15, 0.2) is 11.5 Å². The predicted molar refractivity (Wildman–Crippen MR) is 80.9 cm³/mol. The zero-order valence-electron chi connectivity index (χ0n) is 12.2. The summed E-state index contributed by atoms with van der Waals surface area (Å²) in [6.45, 7) is 1.88. The van der Waals surface area contributed by atoms with E-state index in [9.17, 15) is 4.79 Å². The molecule has 2 N–H and O–H groups in total. The smallest absolute Gasteiger partial charge is 0.277 e. The second-order valence-electron chi connectivity index (χ2n) is 5.36. The molecule has 4 heterocycles. The molecule has 4 rings (SSSR count). The van der Waals surface area contributed by atoms with Crippen LogP contribution in [-0.2, 0) is 0 Å². The Kier molecular flexibility index (Phi) is 3.43. The Morgan fingerprint density at radius 3 is 3.17 bits per heavy atom. The molecule has 1 atom stereocenters. The van der Waals surface area contributed by atoms with E-state index in [0.29, 0.717) is 23.2 Å². The Morgan fingerprint density at radius 2 is 2.39 bits per heavy atom. The lowest BCUT2D eigenvalue weighted by molar-refractivity contribution is 0.101. The van der Waals surface area contributed by atoms with E-state index in [1.165, 1.54) is 6.26 Å². The highest BCUT2D eigenvalue weighted by atomic mass is 16.5. The van der Waals surface area contributed by atoms with Gasteiger partial charge in [-0.2, -0.15) is 5.10 Å². The van der Waals surface area contributed by atoms with E-state index in [1.54, 1.807) is 24.4 Å². The van der Waals surface area contributed by atoms with Crippen molar-refractivity contribution in [1.29, 1.82) is 0 Å². The maximum atomic E-state index is 12.2. The molecular weight excluding hydrogens is 298 g/mol. The zero-order valence-corrected chi connectivity index (χ0v) is 12.2. The third-order valence-corrected chi connectivity index (χ3v) is 3.77. The first-order valence-electron chi connectivity index (χ1n) is 7.36. The van der Waals surface area contributed by atoms with Gasteiger partial charge >= 0.3 is 0 Å². The quantitative estimate of drug-likeness (QED) is 0.763. The van der Waals surface area contributed by atoms with E-state index in [1.807, 2.05) is 10.9 Å². The van der Waals surface area contributed by atoms with E-state index >= 15 is 0 Å². The molecule has 118 valence electrons. The molecule has 1 aliphatic heterocycles. The van der Waals surface area contributed by atoms with Crippen molar-refractivity contribution in [3.05, 3.63) is 42.5 Å². The third kappa shape index (κ3) is 2.76. The lowest BCUT2D eigenvalue weighted by Gasteiger charge is -2.07. The van der Waals surface area contributed by atoms with E-state index in [-0.39, 0.29) is 11.6 Å². The molecular formula is C15H15N5O3. The summed E-state index contributed by atoms with van der Waals surface area (Å²) >= 11 is 0. The first-order valence-corrected chi connectivity index (χ1v) is 7.36. The fraction of sp³-hybridized carbons (Fsp3) is 0.267. The minimum Gasteiger partial charge on any atom is -0.461 e. The SMILES string of the molecule is O=C(Nc1cnn(C2CCNC2)c1)c1cc(-c2ccco2)on1. The average molecular weight is 313 g/mol. The summed E-state index contributed by atoms with van der Waals surface area (Å²) < 4.78 is 12.2. The molecule has 1 amide bonds. The number of hydrogen-bond acceptors (Lipinski definition) is 6. The van der Waals surface area contributed by atoms with E-state index in [2.05, 4.69) is 20.9 Å². The largest absolute Gasteiger partial charge is 0.461 e. The van der Waals surface area contributed by atoms with Crippen molar-refractivity contribution in [1.82, 2.24) is 20.3 Å². The topological polar surface area (TPSA) is 98.1 Å². The predicted octanol–water partition coefficient (Wildman–Crippen LogP) is 1.92. The lowest BCUT2D eigenvalue weighted by atomic mass is 10.3. The van der Waals surface area contributed by atoms with Gasteiger partial charge in [0.25, 0.3) is 5.91 Å². The van der Waals surface area contributed by atoms with Gasteiger partial charge in [0.1, 0.15) is 0 Å². The number of furan rings is 1. The van der Waals surface area contributed by atoms with Gasteiger partial charge in [-0.15, -0.1) is 0 Å². The van der Waals surface area contributed by atoms with E-state index in [4.69, 9.17) is 8.94 Å². The van der Waals surface area contributed by atoms with Crippen molar-refractivity contribution in [2.45, 2.75) is 12.5 Å². The number of rotatable bonds is 4. The van der Waals surface area contributed by atoms with E-state index < -0.39 is 0 Å². The number of anilines is 1. The number of amides is 1. The van der Waals surface area contributed by atoms with Crippen LogP contribution < -0.4 is 10.6 Å². The highest BCUT2D eigenvalue weighted by Gasteiger charge is 2.19. The minimum absolute atomic E-state index is 0.187. The molecule has 8 nitrogen and oxygen atoms in total. The van der Waals surface area contributed by atoms with Crippen LogP contribution in [0.5, 0.6) is 0 Å². The first kappa shape index (κ1) is 13.8. The second-order valence-corrected chi connectivity index (χ2v) is 5.36. The molecule has 0 aliphatic carbocycles. The van der Waals surface area contributed by atoms with Crippen LogP contribution in [0.15, 0.2) is 45.8 Å². The van der Waals surface area contributed by atoms with Crippen molar-refractivity contribution in [3.63, 3.8) is 0 Å². The summed E-state index contributed by atoms with van der Waals surface area (Å²) in [5.41, 5.74) is 0.816. The second kappa shape index (κ2) is 5.73. The summed E-state index contributed by atoms with van der Waals surface area (Å²) in [5, 5.41) is 14.1. The standard InChI is InChI=1S/C15H15N5O3/c21-15(12-6-14(23-19-12)13-2-1-5-22-13)18-10-7-17-20(9-10)11-3-4-16-8-11/h1-2,5-7,9,11,16H,3-4,8H2,(H,18,21). The van der Waals surface area contributed by atoms with Gasteiger partial charge in [0.2, 0.25) is 5.76 Å². The van der Waals surface area contributed by atoms with Crippen LogP contribution in [-0.4, -0.2) is 33.9 Å². The lowest BCUT2D eigenvalue weighted by Crippen LogP contribution is -2.14. The van der Waals surface area contributed by atoms with Crippen molar-refractivity contribution in [2.24, 2.45) is 0 Å².